The summed E-state index contributed by atoms with van der Waals surface area (Å²) in [7, 11) is 0. The Hall–Kier alpha value is -3.39. The highest BCUT2D eigenvalue weighted by Gasteiger charge is 2.15. The largest absolute Gasteiger partial charge is 0.309 e. The molecule has 27 heavy (non-hydrogen) atoms. The Kier molecular flexibility index (Phi) is 3.58. The van der Waals surface area contributed by atoms with Gasteiger partial charge in [0.2, 0.25) is 0 Å². The fourth-order valence-electron chi connectivity index (χ4n) is 4.00. The van der Waals surface area contributed by atoms with E-state index in [0.29, 0.717) is 0 Å². The van der Waals surface area contributed by atoms with Gasteiger partial charge in [0.25, 0.3) is 0 Å². The monoisotopic (exact) mass is 350 g/mol. The molecule has 132 valence electrons. The average molecular weight is 350 g/mol. The summed E-state index contributed by atoms with van der Waals surface area (Å²) in [5, 5.41) is 2.53. The smallest absolute Gasteiger partial charge is 0.0733 e. The summed E-state index contributed by atoms with van der Waals surface area (Å²) < 4.78 is 2.35. The second-order valence-corrected chi connectivity index (χ2v) is 7.04. The van der Waals surface area contributed by atoms with Crippen molar-refractivity contribution in [3.63, 3.8) is 0 Å². The second kappa shape index (κ2) is 6.10. The molecular weight excluding hydrogens is 328 g/mol. The van der Waals surface area contributed by atoms with Gasteiger partial charge >= 0.3 is 0 Å². The van der Waals surface area contributed by atoms with Crippen LogP contribution in [0.5, 0.6) is 0 Å². The molecule has 2 nitrogen and oxygen atoms in total. The molecule has 2 heteroatoms. The third-order valence-electron chi connectivity index (χ3n) is 5.30. The molecule has 0 bridgehead atoms. The fourth-order valence-corrected chi connectivity index (χ4v) is 4.00. The molecule has 0 N–H and O–H groups in total. The quantitative estimate of drug-likeness (QED) is 0.346. The van der Waals surface area contributed by atoms with Crippen molar-refractivity contribution in [1.29, 1.82) is 0 Å². The van der Waals surface area contributed by atoms with Gasteiger partial charge < -0.3 is 4.57 Å². The first-order valence-corrected chi connectivity index (χ1v) is 9.25. The van der Waals surface area contributed by atoms with Gasteiger partial charge in [-0.3, -0.25) is 4.98 Å². The highest BCUT2D eigenvalue weighted by Crippen LogP contribution is 2.36. The zero-order valence-electron chi connectivity index (χ0n) is 15.5. The predicted molar refractivity (Wildman–Crippen MR) is 116 cm³/mol. The van der Waals surface area contributed by atoms with E-state index in [9.17, 15) is 0 Å². The van der Waals surface area contributed by atoms with Gasteiger partial charge in [0, 0.05) is 29.6 Å². The molecule has 0 aliphatic heterocycles. The van der Waals surface area contributed by atoms with Crippen molar-refractivity contribution in [2.45, 2.75) is 13.8 Å². The lowest BCUT2D eigenvalue weighted by Gasteiger charge is -2.11. The number of aryl methyl sites for hydroxylation is 2. The summed E-state index contributed by atoms with van der Waals surface area (Å²) in [5.41, 5.74) is 8.36. The Morgan fingerprint density at radius 1 is 0.704 bits per heavy atom. The molecule has 0 unspecified atom stereocenters. The zero-order chi connectivity index (χ0) is 18.4. The second-order valence-electron chi connectivity index (χ2n) is 7.04. The van der Waals surface area contributed by atoms with Crippen LogP contribution in [0.25, 0.3) is 38.8 Å². The molecule has 3 aromatic carbocycles. The maximum Gasteiger partial charge on any atom is 0.0733 e. The van der Waals surface area contributed by atoms with Crippen molar-refractivity contribution in [1.82, 2.24) is 9.55 Å². The van der Waals surface area contributed by atoms with Gasteiger partial charge in [-0.1, -0.05) is 42.5 Å². The molecule has 0 aliphatic carbocycles. The van der Waals surface area contributed by atoms with E-state index in [1.165, 1.54) is 44.2 Å². The number of benzene rings is 3. The van der Waals surface area contributed by atoms with Crippen molar-refractivity contribution in [3.05, 3.63) is 96.2 Å². The summed E-state index contributed by atoms with van der Waals surface area (Å²) in [4.78, 5) is 4.65. The molecule has 5 aromatic rings. The highest BCUT2D eigenvalue weighted by atomic mass is 15.0. The van der Waals surface area contributed by atoms with Crippen LogP contribution < -0.4 is 0 Å². The molecular formula is C25H22N2. The summed E-state index contributed by atoms with van der Waals surface area (Å²) in [6.07, 6.45) is 1.87. The minimum Gasteiger partial charge on any atom is -0.309 e. The summed E-state index contributed by atoms with van der Waals surface area (Å²) in [6.45, 7) is 4.30. The van der Waals surface area contributed by atoms with Crippen LogP contribution >= 0.6 is 0 Å². The van der Waals surface area contributed by atoms with E-state index in [1.807, 2.05) is 12.3 Å². The van der Waals surface area contributed by atoms with Gasteiger partial charge in [-0.25, -0.2) is 0 Å². The van der Waals surface area contributed by atoms with Gasteiger partial charge in [-0.15, -0.1) is 0 Å². The SMILES string of the molecule is Cc1cc2c(cc1-c1ncccc1C)c1ccccc1n2-c1ccccc1.[HH]. The molecule has 0 aliphatic rings. The maximum absolute atomic E-state index is 4.65. The molecule has 0 fully saturated rings. The first-order chi connectivity index (χ1) is 13.2. The van der Waals surface area contributed by atoms with Crippen molar-refractivity contribution >= 4 is 21.8 Å². The molecule has 5 rings (SSSR count). The van der Waals surface area contributed by atoms with Crippen LogP contribution in [0.4, 0.5) is 0 Å². The van der Waals surface area contributed by atoms with E-state index in [4.69, 9.17) is 0 Å². The van der Waals surface area contributed by atoms with Gasteiger partial charge in [0.15, 0.2) is 0 Å². The Morgan fingerprint density at radius 2 is 1.48 bits per heavy atom. The van der Waals surface area contributed by atoms with Crippen molar-refractivity contribution in [2.75, 3.05) is 0 Å². The molecule has 0 saturated heterocycles. The lowest BCUT2D eigenvalue weighted by atomic mass is 9.99. The van der Waals surface area contributed by atoms with Crippen molar-refractivity contribution in [3.8, 4) is 16.9 Å². The average Bonchev–Trinajstić information content (AvgIpc) is 3.02. The minimum atomic E-state index is 0. The zero-order valence-corrected chi connectivity index (χ0v) is 15.5. The molecule has 2 aromatic heterocycles. The summed E-state index contributed by atoms with van der Waals surface area (Å²) >= 11 is 0. The minimum absolute atomic E-state index is 0. The van der Waals surface area contributed by atoms with E-state index in [0.717, 1.165) is 5.69 Å². The number of hydrogen-bond donors (Lipinski definition) is 0. The van der Waals surface area contributed by atoms with E-state index >= 15 is 0 Å². The summed E-state index contributed by atoms with van der Waals surface area (Å²) in [5.74, 6) is 0. The van der Waals surface area contributed by atoms with E-state index in [1.54, 1.807) is 0 Å². The van der Waals surface area contributed by atoms with Crippen molar-refractivity contribution in [2.24, 2.45) is 0 Å². The molecule has 0 spiro atoms. The molecule has 0 atom stereocenters. The van der Waals surface area contributed by atoms with E-state index in [-0.39, 0.29) is 1.43 Å². The van der Waals surface area contributed by atoms with Crippen LogP contribution in [0.1, 0.15) is 12.6 Å². The van der Waals surface area contributed by atoms with Gasteiger partial charge in [-0.2, -0.15) is 0 Å². The van der Waals surface area contributed by atoms with Gasteiger partial charge in [0.1, 0.15) is 0 Å². The Morgan fingerprint density at radius 3 is 2.30 bits per heavy atom. The third-order valence-corrected chi connectivity index (χ3v) is 5.30. The maximum atomic E-state index is 4.65. The fraction of sp³-hybridized carbons (Fsp3) is 0.0800. The number of aromatic nitrogens is 2. The Bertz CT molecular complexity index is 1290. The first-order valence-electron chi connectivity index (χ1n) is 9.25. The normalized spacial score (nSPS) is 11.3. The van der Waals surface area contributed by atoms with Crippen molar-refractivity contribution < 1.29 is 1.43 Å². The predicted octanol–water partition coefficient (Wildman–Crippen LogP) is 6.71. The molecule has 2 heterocycles. The number of fused-ring (bicyclic) bond motifs is 3. The van der Waals surface area contributed by atoms with Crippen LogP contribution in [0.15, 0.2) is 85.1 Å². The lowest BCUT2D eigenvalue weighted by Crippen LogP contribution is -1.95. The van der Waals surface area contributed by atoms with E-state index in [2.05, 4.69) is 96.2 Å². The van der Waals surface area contributed by atoms with Gasteiger partial charge in [-0.05, 0) is 61.4 Å². The Labute approximate surface area is 160 Å². The van der Waals surface area contributed by atoms with Gasteiger partial charge in [0.05, 0.1) is 16.7 Å². The number of nitrogens with zero attached hydrogens (tertiary/aromatic N) is 2. The number of pyridine rings is 1. The lowest BCUT2D eigenvalue weighted by molar-refractivity contribution is 1.18. The molecule has 0 saturated carbocycles. The van der Waals surface area contributed by atoms with E-state index < -0.39 is 0 Å². The first kappa shape index (κ1) is 15.8. The standard InChI is InChI=1S/C25H20N2.H2/c1-17-9-8-14-26-25(17)21-16-22-20-12-6-7-13-23(20)27(24(22)15-18(21)2)19-10-4-3-5-11-19;/h3-16H,1-2H3;1H. The number of rotatable bonds is 2. The number of para-hydroxylation sites is 2. The van der Waals surface area contributed by atoms with Crippen LogP contribution in [0, 0.1) is 13.8 Å². The van der Waals surface area contributed by atoms with Crippen LogP contribution in [-0.4, -0.2) is 9.55 Å². The topological polar surface area (TPSA) is 17.8 Å². The van der Waals surface area contributed by atoms with Crippen LogP contribution in [0.2, 0.25) is 0 Å². The Balaban J connectivity index is 0.00000192. The molecule has 0 radical (unpaired) electrons. The number of hydrogen-bond acceptors (Lipinski definition) is 1. The molecule has 0 amide bonds. The van der Waals surface area contributed by atoms with Crippen LogP contribution in [0.3, 0.4) is 0 Å². The summed E-state index contributed by atoms with van der Waals surface area (Å²) in [6, 6.07) is 27.9. The highest BCUT2D eigenvalue weighted by molar-refractivity contribution is 6.10. The van der Waals surface area contributed by atoms with Crippen LogP contribution in [-0.2, 0) is 0 Å². The third kappa shape index (κ3) is 2.45.